The highest BCUT2D eigenvalue weighted by Gasteiger charge is 2.16. The van der Waals surface area contributed by atoms with Crippen LogP contribution in [-0.2, 0) is 4.79 Å². The Labute approximate surface area is 97.0 Å². The van der Waals surface area contributed by atoms with Gasteiger partial charge in [-0.2, -0.15) is 0 Å². The molecule has 0 radical (unpaired) electrons. The van der Waals surface area contributed by atoms with Gasteiger partial charge in [0.15, 0.2) is 0 Å². The van der Waals surface area contributed by atoms with E-state index in [1.54, 1.807) is 0 Å². The lowest BCUT2D eigenvalue weighted by molar-refractivity contribution is -0.121. The van der Waals surface area contributed by atoms with Gasteiger partial charge in [0.1, 0.15) is 0 Å². The number of thiocarbonyl (C=S) groups is 1. The second-order valence-corrected chi connectivity index (χ2v) is 4.63. The Morgan fingerprint density at radius 2 is 1.87 bits per heavy atom. The van der Waals surface area contributed by atoms with Gasteiger partial charge in [0.25, 0.3) is 0 Å². The lowest BCUT2D eigenvalue weighted by atomic mass is 10.1. The normalized spacial score (nSPS) is 13.1. The summed E-state index contributed by atoms with van der Waals surface area (Å²) in [7, 11) is 0. The van der Waals surface area contributed by atoms with E-state index in [0.29, 0.717) is 24.0 Å². The molecule has 0 aromatic heterocycles. The largest absolute Gasteiger partial charge is 0.393 e. The van der Waals surface area contributed by atoms with Crippen LogP contribution in [0.2, 0.25) is 0 Å². The van der Waals surface area contributed by atoms with Gasteiger partial charge in [0, 0.05) is 31.5 Å². The molecule has 0 saturated carbocycles. The average Bonchev–Trinajstić information content (AvgIpc) is 2.10. The number of nitrogens with two attached hydrogens (primary N) is 2. The van der Waals surface area contributed by atoms with Crippen molar-refractivity contribution in [2.24, 2.45) is 17.4 Å². The van der Waals surface area contributed by atoms with Crippen LogP contribution in [0.15, 0.2) is 0 Å². The first kappa shape index (κ1) is 14.3. The quantitative estimate of drug-likeness (QED) is 0.626. The smallest absolute Gasteiger partial charge is 0.221 e. The number of hydrogen-bond donors (Lipinski definition) is 2. The van der Waals surface area contributed by atoms with Gasteiger partial charge in [0.2, 0.25) is 5.91 Å². The molecule has 0 aliphatic rings. The molecule has 1 atom stereocenters. The Bertz CT molecular complexity index is 231. The molecule has 5 heteroatoms. The predicted molar refractivity (Wildman–Crippen MR) is 66.5 cm³/mol. The first-order chi connectivity index (χ1) is 6.84. The van der Waals surface area contributed by atoms with Gasteiger partial charge in [-0.25, -0.2) is 0 Å². The molecule has 4 N–H and O–H groups in total. The summed E-state index contributed by atoms with van der Waals surface area (Å²) in [4.78, 5) is 13.6. The molecule has 0 aromatic rings. The van der Waals surface area contributed by atoms with Crippen molar-refractivity contribution in [2.75, 3.05) is 13.1 Å². The van der Waals surface area contributed by atoms with E-state index in [-0.39, 0.29) is 11.8 Å². The van der Waals surface area contributed by atoms with Gasteiger partial charge in [-0.05, 0) is 13.8 Å². The highest BCUT2D eigenvalue weighted by molar-refractivity contribution is 7.80. The fourth-order valence-corrected chi connectivity index (χ4v) is 1.35. The molecule has 4 nitrogen and oxygen atoms in total. The molecule has 0 heterocycles. The molecular weight excluding hydrogens is 210 g/mol. The third-order valence-electron chi connectivity index (χ3n) is 2.37. The fraction of sp³-hybridized carbons (Fsp3) is 0.800. The summed E-state index contributed by atoms with van der Waals surface area (Å²) >= 11 is 4.83. The van der Waals surface area contributed by atoms with E-state index >= 15 is 0 Å². The first-order valence-corrected chi connectivity index (χ1v) is 5.57. The summed E-state index contributed by atoms with van der Waals surface area (Å²) in [6.07, 6.45) is 0.680. The van der Waals surface area contributed by atoms with Gasteiger partial charge in [0.05, 0.1) is 4.99 Å². The van der Waals surface area contributed by atoms with Crippen LogP contribution in [0.3, 0.4) is 0 Å². The van der Waals surface area contributed by atoms with Crippen LogP contribution in [0.25, 0.3) is 0 Å². The van der Waals surface area contributed by atoms with Crippen LogP contribution >= 0.6 is 12.2 Å². The fourth-order valence-electron chi connectivity index (χ4n) is 1.26. The zero-order chi connectivity index (χ0) is 12.0. The summed E-state index contributed by atoms with van der Waals surface area (Å²) in [6.45, 7) is 7.43. The second kappa shape index (κ2) is 6.74. The number of carbonyl (C=O) groups excluding carboxylic acids is 1. The molecule has 88 valence electrons. The van der Waals surface area contributed by atoms with Crippen molar-refractivity contribution in [3.05, 3.63) is 0 Å². The Kier molecular flexibility index (Phi) is 6.43. The Morgan fingerprint density at radius 1 is 1.33 bits per heavy atom. The molecule has 0 bridgehead atoms. The van der Waals surface area contributed by atoms with Crippen molar-refractivity contribution in [2.45, 2.75) is 33.2 Å². The van der Waals surface area contributed by atoms with Crippen molar-refractivity contribution in [3.8, 4) is 0 Å². The molecule has 0 spiro atoms. The lowest BCUT2D eigenvalue weighted by Gasteiger charge is -2.28. The summed E-state index contributed by atoms with van der Waals surface area (Å²) in [5.74, 6) is -0.408. The molecule has 1 amide bonds. The van der Waals surface area contributed by atoms with Gasteiger partial charge >= 0.3 is 0 Å². The van der Waals surface area contributed by atoms with Crippen LogP contribution in [0.4, 0.5) is 0 Å². The number of rotatable bonds is 7. The Morgan fingerprint density at radius 3 is 2.20 bits per heavy atom. The van der Waals surface area contributed by atoms with E-state index < -0.39 is 0 Å². The molecule has 0 aliphatic heterocycles. The van der Waals surface area contributed by atoms with Crippen LogP contribution in [0.5, 0.6) is 0 Å². The monoisotopic (exact) mass is 231 g/mol. The number of primary amides is 1. The molecule has 0 aliphatic carbocycles. The van der Waals surface area contributed by atoms with Crippen molar-refractivity contribution >= 4 is 23.1 Å². The van der Waals surface area contributed by atoms with Crippen molar-refractivity contribution in [1.29, 1.82) is 0 Å². The van der Waals surface area contributed by atoms with Crippen LogP contribution < -0.4 is 11.5 Å². The van der Waals surface area contributed by atoms with E-state index in [0.717, 1.165) is 6.54 Å². The maximum atomic E-state index is 10.9. The van der Waals surface area contributed by atoms with E-state index in [1.807, 2.05) is 6.92 Å². The van der Waals surface area contributed by atoms with Crippen molar-refractivity contribution in [1.82, 2.24) is 4.90 Å². The third-order valence-corrected chi connectivity index (χ3v) is 2.57. The number of nitrogens with zero attached hydrogens (tertiary/aromatic N) is 1. The standard InChI is InChI=1S/C10H21N3OS/c1-7(2)13(5-4-9(11)15)6-8(3)10(12)14/h7-8H,4-6H2,1-3H3,(H2,11,15)(H2,12,14). The molecule has 0 saturated heterocycles. The first-order valence-electron chi connectivity index (χ1n) is 5.16. The Balaban J connectivity index is 4.15. The van der Waals surface area contributed by atoms with E-state index in [9.17, 15) is 4.79 Å². The molecular formula is C10H21N3OS. The molecule has 15 heavy (non-hydrogen) atoms. The van der Waals surface area contributed by atoms with Crippen LogP contribution in [0, 0.1) is 5.92 Å². The van der Waals surface area contributed by atoms with Gasteiger partial charge in [-0.3, -0.25) is 9.69 Å². The average molecular weight is 231 g/mol. The third kappa shape index (κ3) is 6.41. The van der Waals surface area contributed by atoms with Gasteiger partial charge < -0.3 is 11.5 Å². The lowest BCUT2D eigenvalue weighted by Crippen LogP contribution is -2.40. The minimum absolute atomic E-state index is 0.140. The van der Waals surface area contributed by atoms with E-state index in [1.165, 1.54) is 0 Å². The molecule has 0 aromatic carbocycles. The van der Waals surface area contributed by atoms with Crippen molar-refractivity contribution < 1.29 is 4.79 Å². The predicted octanol–water partition coefficient (Wildman–Crippen LogP) is 0.494. The maximum absolute atomic E-state index is 10.9. The van der Waals surface area contributed by atoms with E-state index in [4.69, 9.17) is 23.7 Å². The second-order valence-electron chi connectivity index (χ2n) is 4.11. The SMILES string of the molecule is CC(CN(CCC(N)=S)C(C)C)C(N)=O. The number of amides is 1. The van der Waals surface area contributed by atoms with Crippen molar-refractivity contribution in [3.63, 3.8) is 0 Å². The van der Waals surface area contributed by atoms with Gasteiger partial charge in [-0.1, -0.05) is 19.1 Å². The minimum Gasteiger partial charge on any atom is -0.393 e. The number of hydrogen-bond acceptors (Lipinski definition) is 3. The zero-order valence-electron chi connectivity index (χ0n) is 9.69. The number of carbonyl (C=O) groups is 1. The summed E-state index contributed by atoms with van der Waals surface area (Å²) in [5, 5.41) is 0. The molecule has 1 unspecified atom stereocenters. The maximum Gasteiger partial charge on any atom is 0.221 e. The van der Waals surface area contributed by atoms with Crippen LogP contribution in [0.1, 0.15) is 27.2 Å². The summed E-state index contributed by atoms with van der Waals surface area (Å²) in [6, 6.07) is 0.362. The Hall–Kier alpha value is -0.680. The van der Waals surface area contributed by atoms with Crippen LogP contribution in [-0.4, -0.2) is 34.9 Å². The summed E-state index contributed by atoms with van der Waals surface area (Å²) < 4.78 is 0. The summed E-state index contributed by atoms with van der Waals surface area (Å²) in [5.41, 5.74) is 10.7. The van der Waals surface area contributed by atoms with E-state index in [2.05, 4.69) is 18.7 Å². The minimum atomic E-state index is -0.268. The molecule has 0 fully saturated rings. The highest BCUT2D eigenvalue weighted by atomic mass is 32.1. The molecule has 0 rings (SSSR count). The zero-order valence-corrected chi connectivity index (χ0v) is 10.5. The van der Waals surface area contributed by atoms with Gasteiger partial charge in [-0.15, -0.1) is 0 Å². The highest BCUT2D eigenvalue weighted by Crippen LogP contribution is 2.05. The topological polar surface area (TPSA) is 72.3 Å².